The number of rotatable bonds is 7. The van der Waals surface area contributed by atoms with E-state index in [9.17, 15) is 9.59 Å². The molecule has 1 aliphatic rings. The van der Waals surface area contributed by atoms with Crippen molar-refractivity contribution in [2.45, 2.75) is 51.6 Å². The van der Waals surface area contributed by atoms with Crippen molar-refractivity contribution in [1.29, 1.82) is 0 Å². The average molecular weight is 411 g/mol. The molecule has 29 heavy (non-hydrogen) atoms. The molecule has 4 rings (SSSR count). The van der Waals surface area contributed by atoms with E-state index in [1.165, 1.54) is 11.3 Å². The molecular formula is C22H26N4O2S. The molecule has 2 N–H and O–H groups in total. The Morgan fingerprint density at radius 2 is 2.07 bits per heavy atom. The Balaban J connectivity index is 1.40. The van der Waals surface area contributed by atoms with Gasteiger partial charge in [-0.15, -0.1) is 11.3 Å². The van der Waals surface area contributed by atoms with Crippen LogP contribution in [0, 0.1) is 5.92 Å². The standard InChI is InChI=1S/C22H26N4O2S/c1-15(2)12-20(27)25-22(7-3-8-22)18-5-4-17(29-18)21(28)24-14-16-6-10-26-11-9-23-19(26)13-16/h4-6,9-11,13,15H,3,7-8,12,14H2,1-2H3,(H,24,28)(H,25,27). The maximum Gasteiger partial charge on any atom is 0.261 e. The number of carbonyl (C=O) groups is 2. The maximum atomic E-state index is 12.6. The first-order valence-corrected chi connectivity index (χ1v) is 10.9. The van der Waals surface area contributed by atoms with Crippen LogP contribution in [0.25, 0.3) is 5.65 Å². The molecule has 1 fully saturated rings. The van der Waals surface area contributed by atoms with Gasteiger partial charge < -0.3 is 15.0 Å². The third kappa shape index (κ3) is 4.19. The van der Waals surface area contributed by atoms with Crippen LogP contribution < -0.4 is 10.6 Å². The van der Waals surface area contributed by atoms with Gasteiger partial charge in [0.1, 0.15) is 5.65 Å². The second kappa shape index (κ2) is 7.99. The van der Waals surface area contributed by atoms with E-state index >= 15 is 0 Å². The van der Waals surface area contributed by atoms with Crippen LogP contribution in [0.4, 0.5) is 0 Å². The van der Waals surface area contributed by atoms with Crippen LogP contribution >= 0.6 is 11.3 Å². The fraction of sp³-hybridized carbons (Fsp3) is 0.409. The molecule has 1 aliphatic carbocycles. The average Bonchev–Trinajstić information content (AvgIpc) is 3.31. The number of hydrogen-bond donors (Lipinski definition) is 2. The van der Waals surface area contributed by atoms with Gasteiger partial charge in [-0.2, -0.15) is 0 Å². The van der Waals surface area contributed by atoms with Crippen molar-refractivity contribution in [3.63, 3.8) is 0 Å². The lowest BCUT2D eigenvalue weighted by atomic mass is 9.75. The first kappa shape index (κ1) is 19.6. The van der Waals surface area contributed by atoms with Gasteiger partial charge in [0.25, 0.3) is 5.91 Å². The number of hydrogen-bond acceptors (Lipinski definition) is 4. The smallest absolute Gasteiger partial charge is 0.261 e. The van der Waals surface area contributed by atoms with Gasteiger partial charge in [-0.1, -0.05) is 13.8 Å². The van der Waals surface area contributed by atoms with Gasteiger partial charge >= 0.3 is 0 Å². The number of carbonyl (C=O) groups excluding carboxylic acids is 2. The van der Waals surface area contributed by atoms with Gasteiger partial charge in [-0.25, -0.2) is 4.98 Å². The van der Waals surface area contributed by atoms with Crippen LogP contribution in [-0.4, -0.2) is 21.2 Å². The molecule has 1 saturated carbocycles. The summed E-state index contributed by atoms with van der Waals surface area (Å²) in [5.74, 6) is 0.332. The van der Waals surface area contributed by atoms with Crippen molar-refractivity contribution in [1.82, 2.24) is 20.0 Å². The Bertz CT molecular complexity index is 1030. The summed E-state index contributed by atoms with van der Waals surface area (Å²) in [5, 5.41) is 6.22. The minimum atomic E-state index is -0.291. The summed E-state index contributed by atoms with van der Waals surface area (Å²) in [6.07, 6.45) is 9.07. The van der Waals surface area contributed by atoms with E-state index in [4.69, 9.17) is 0 Å². The van der Waals surface area contributed by atoms with Crippen molar-refractivity contribution in [3.8, 4) is 0 Å². The molecule has 0 aliphatic heterocycles. The molecular weight excluding hydrogens is 384 g/mol. The van der Waals surface area contributed by atoms with Gasteiger partial charge in [0.15, 0.2) is 0 Å². The summed E-state index contributed by atoms with van der Waals surface area (Å²) in [6.45, 7) is 4.54. The van der Waals surface area contributed by atoms with E-state index < -0.39 is 0 Å². The highest BCUT2D eigenvalue weighted by Crippen LogP contribution is 2.44. The van der Waals surface area contributed by atoms with Gasteiger partial charge in [0, 0.05) is 36.4 Å². The molecule has 152 valence electrons. The normalized spacial score (nSPS) is 15.3. The molecule has 0 aromatic carbocycles. The predicted molar refractivity (Wildman–Crippen MR) is 114 cm³/mol. The lowest BCUT2D eigenvalue weighted by Crippen LogP contribution is -2.50. The molecule has 7 heteroatoms. The van der Waals surface area contributed by atoms with Gasteiger partial charge in [-0.05, 0) is 55.0 Å². The zero-order chi connectivity index (χ0) is 20.4. The number of amides is 2. The summed E-state index contributed by atoms with van der Waals surface area (Å²) >= 11 is 1.48. The van der Waals surface area contributed by atoms with Crippen LogP contribution in [0.1, 0.15) is 59.6 Å². The molecule has 3 heterocycles. The third-order valence-electron chi connectivity index (χ3n) is 5.40. The fourth-order valence-corrected chi connectivity index (χ4v) is 4.83. The second-order valence-corrected chi connectivity index (χ2v) is 9.24. The van der Waals surface area contributed by atoms with E-state index in [1.807, 2.05) is 54.9 Å². The Morgan fingerprint density at radius 3 is 2.79 bits per heavy atom. The monoisotopic (exact) mass is 410 g/mol. The lowest BCUT2D eigenvalue weighted by Gasteiger charge is -2.42. The van der Waals surface area contributed by atoms with Crippen molar-refractivity contribution in [2.75, 3.05) is 0 Å². The van der Waals surface area contributed by atoms with Gasteiger partial charge in [0.2, 0.25) is 5.91 Å². The molecule has 2 amide bonds. The highest BCUT2D eigenvalue weighted by atomic mass is 32.1. The van der Waals surface area contributed by atoms with Crippen LogP contribution in [-0.2, 0) is 16.9 Å². The fourth-order valence-electron chi connectivity index (χ4n) is 3.70. The summed E-state index contributed by atoms with van der Waals surface area (Å²) in [7, 11) is 0. The molecule has 0 unspecified atom stereocenters. The van der Waals surface area contributed by atoms with Crippen LogP contribution in [0.2, 0.25) is 0 Å². The number of pyridine rings is 1. The predicted octanol–water partition coefficient (Wildman–Crippen LogP) is 3.87. The Morgan fingerprint density at radius 1 is 1.24 bits per heavy atom. The van der Waals surface area contributed by atoms with Crippen LogP contribution in [0.3, 0.4) is 0 Å². The second-order valence-electron chi connectivity index (χ2n) is 8.16. The number of nitrogens with zero attached hydrogens (tertiary/aromatic N) is 2. The van der Waals surface area contributed by atoms with E-state index in [1.54, 1.807) is 6.20 Å². The largest absolute Gasteiger partial charge is 0.347 e. The Kier molecular flexibility index (Phi) is 5.41. The summed E-state index contributed by atoms with van der Waals surface area (Å²) in [4.78, 5) is 31.0. The zero-order valence-corrected chi connectivity index (χ0v) is 17.6. The molecule has 0 spiro atoms. The van der Waals surface area contributed by atoms with Crippen molar-refractivity contribution in [2.24, 2.45) is 5.92 Å². The number of aromatic nitrogens is 2. The number of thiophene rings is 1. The van der Waals surface area contributed by atoms with Crippen LogP contribution in [0.5, 0.6) is 0 Å². The number of imidazole rings is 1. The van der Waals surface area contributed by atoms with Gasteiger partial charge in [-0.3, -0.25) is 9.59 Å². The highest BCUT2D eigenvalue weighted by Gasteiger charge is 2.41. The molecule has 0 bridgehead atoms. The first-order chi connectivity index (χ1) is 13.9. The Hall–Kier alpha value is -2.67. The third-order valence-corrected chi connectivity index (χ3v) is 6.68. The summed E-state index contributed by atoms with van der Waals surface area (Å²) in [6, 6.07) is 7.79. The number of nitrogens with one attached hydrogen (secondary N) is 2. The van der Waals surface area contributed by atoms with Crippen LogP contribution in [0.15, 0.2) is 42.9 Å². The van der Waals surface area contributed by atoms with Gasteiger partial charge in [0.05, 0.1) is 10.4 Å². The molecule has 0 radical (unpaired) electrons. The maximum absolute atomic E-state index is 12.6. The minimum absolute atomic E-state index is 0.0903. The molecule has 0 saturated heterocycles. The molecule has 6 nitrogen and oxygen atoms in total. The van der Waals surface area contributed by atoms with E-state index in [0.29, 0.717) is 23.8 Å². The quantitative estimate of drug-likeness (QED) is 0.621. The zero-order valence-electron chi connectivity index (χ0n) is 16.8. The van der Waals surface area contributed by atoms with E-state index in [0.717, 1.165) is 35.4 Å². The summed E-state index contributed by atoms with van der Waals surface area (Å²) < 4.78 is 1.93. The number of fused-ring (bicyclic) bond motifs is 1. The van der Waals surface area contributed by atoms with E-state index in [-0.39, 0.29) is 17.4 Å². The van der Waals surface area contributed by atoms with E-state index in [2.05, 4.69) is 15.6 Å². The minimum Gasteiger partial charge on any atom is -0.347 e. The first-order valence-electron chi connectivity index (χ1n) is 10.1. The molecule has 3 aromatic heterocycles. The SMILES string of the molecule is CC(C)CC(=O)NC1(c2ccc(C(=O)NCc3ccn4ccnc4c3)s2)CCC1. The Labute approximate surface area is 174 Å². The lowest BCUT2D eigenvalue weighted by molar-refractivity contribution is -0.125. The summed E-state index contributed by atoms with van der Waals surface area (Å²) in [5.41, 5.74) is 1.57. The van der Waals surface area contributed by atoms with Crippen molar-refractivity contribution in [3.05, 3.63) is 58.2 Å². The highest BCUT2D eigenvalue weighted by molar-refractivity contribution is 7.14. The van der Waals surface area contributed by atoms with Crippen molar-refractivity contribution >= 4 is 28.8 Å². The topological polar surface area (TPSA) is 75.5 Å². The van der Waals surface area contributed by atoms with Crippen molar-refractivity contribution < 1.29 is 9.59 Å². The molecule has 0 atom stereocenters. The molecule has 3 aromatic rings.